The Morgan fingerprint density at radius 1 is 1.48 bits per heavy atom. The van der Waals surface area contributed by atoms with Crippen LogP contribution in [0.2, 0.25) is 0 Å². The first-order valence-electron chi connectivity index (χ1n) is 7.54. The van der Waals surface area contributed by atoms with Crippen molar-refractivity contribution in [2.24, 2.45) is 5.14 Å². The zero-order valence-corrected chi connectivity index (χ0v) is 14.4. The second-order valence-corrected chi connectivity index (χ2v) is 7.19. The predicted molar refractivity (Wildman–Crippen MR) is 86.8 cm³/mol. The molecule has 0 radical (unpaired) electrons. The number of nitrogens with one attached hydrogen (secondary N) is 1. The number of hydrogen-bond acceptors (Lipinski definition) is 5. The number of amides is 1. The predicted octanol–water partition coefficient (Wildman–Crippen LogP) is 0.823. The molecule has 2 rings (SSSR count). The Morgan fingerprint density at radius 2 is 2.17 bits per heavy atom. The Labute approximate surface area is 136 Å². The van der Waals surface area contributed by atoms with Crippen molar-refractivity contribution in [1.29, 1.82) is 0 Å². The van der Waals surface area contributed by atoms with E-state index in [1.807, 2.05) is 6.92 Å². The number of methoxy groups -OCH3 is 1. The summed E-state index contributed by atoms with van der Waals surface area (Å²) in [6, 6.07) is 2.67. The monoisotopic (exact) mass is 341 g/mol. The maximum absolute atomic E-state index is 12.6. The molecule has 0 spiro atoms. The Kier molecular flexibility index (Phi) is 5.28. The average Bonchev–Trinajstić information content (AvgIpc) is 2.92. The summed E-state index contributed by atoms with van der Waals surface area (Å²) in [5.74, 6) is -0.00301. The van der Waals surface area contributed by atoms with Gasteiger partial charge < -0.3 is 10.1 Å². The number of nitrogens with two attached hydrogens (primary N) is 1. The minimum absolute atomic E-state index is 0.0457. The number of rotatable bonds is 5. The van der Waals surface area contributed by atoms with Crippen LogP contribution in [0.5, 0.6) is 5.75 Å². The van der Waals surface area contributed by atoms with Gasteiger partial charge >= 0.3 is 0 Å². The molecule has 1 atom stereocenters. The smallest absolute Gasteiger partial charge is 0.256 e. The van der Waals surface area contributed by atoms with Gasteiger partial charge in [0.2, 0.25) is 10.0 Å². The van der Waals surface area contributed by atoms with Gasteiger partial charge in [-0.15, -0.1) is 0 Å². The molecule has 23 heavy (non-hydrogen) atoms. The topological polar surface area (TPSA) is 102 Å². The molecule has 1 aliphatic rings. The summed E-state index contributed by atoms with van der Waals surface area (Å²) < 4.78 is 28.5. The molecular formula is C15H23N3O4S. The molecule has 1 saturated heterocycles. The number of primary sulfonamides is 1. The standard InChI is InChI=1S/C15H23N3O4S/c1-4-18-7-5-6-13(18)17-15(19)12-9-11(23(16,20)21)8-10(2)14(12)22-3/h8-9,13H,4-7H2,1-3H3,(H,17,19)(H2,16,20,21). The highest BCUT2D eigenvalue weighted by Gasteiger charge is 2.27. The lowest BCUT2D eigenvalue weighted by atomic mass is 10.1. The number of carbonyl (C=O) groups is 1. The molecule has 3 N–H and O–H groups in total. The van der Waals surface area contributed by atoms with Crippen molar-refractivity contribution in [2.45, 2.75) is 37.8 Å². The van der Waals surface area contributed by atoms with Crippen molar-refractivity contribution in [3.05, 3.63) is 23.3 Å². The van der Waals surface area contributed by atoms with Gasteiger partial charge in [-0.1, -0.05) is 6.92 Å². The normalized spacial score (nSPS) is 18.9. The first-order valence-corrected chi connectivity index (χ1v) is 9.09. The van der Waals surface area contributed by atoms with Crippen LogP contribution in [0.15, 0.2) is 17.0 Å². The summed E-state index contributed by atoms with van der Waals surface area (Å²) in [5.41, 5.74) is 0.724. The van der Waals surface area contributed by atoms with E-state index in [1.54, 1.807) is 6.92 Å². The molecule has 7 nitrogen and oxygen atoms in total. The second-order valence-electron chi connectivity index (χ2n) is 5.63. The molecular weight excluding hydrogens is 318 g/mol. The van der Waals surface area contributed by atoms with Crippen LogP contribution in [0, 0.1) is 6.92 Å². The SMILES string of the molecule is CCN1CCCC1NC(=O)c1cc(S(N)(=O)=O)cc(C)c1OC. The molecule has 1 fully saturated rings. The number of sulfonamides is 1. The minimum atomic E-state index is -3.89. The average molecular weight is 341 g/mol. The number of nitrogens with zero attached hydrogens (tertiary/aromatic N) is 1. The number of likely N-dealkylation sites (tertiary alicyclic amines) is 1. The molecule has 128 valence electrons. The third-order valence-electron chi connectivity index (χ3n) is 4.09. The van der Waals surface area contributed by atoms with Crippen molar-refractivity contribution in [2.75, 3.05) is 20.2 Å². The summed E-state index contributed by atoms with van der Waals surface area (Å²) >= 11 is 0. The Hall–Kier alpha value is -1.64. The molecule has 8 heteroatoms. The summed E-state index contributed by atoms with van der Waals surface area (Å²) in [7, 11) is -2.45. The van der Waals surface area contributed by atoms with E-state index in [-0.39, 0.29) is 22.5 Å². The van der Waals surface area contributed by atoms with Gasteiger partial charge in [0.1, 0.15) is 5.75 Å². The van der Waals surface area contributed by atoms with Crippen molar-refractivity contribution in [3.63, 3.8) is 0 Å². The fourth-order valence-corrected chi connectivity index (χ4v) is 3.57. The van der Waals surface area contributed by atoms with Gasteiger partial charge in [0.15, 0.2) is 0 Å². The van der Waals surface area contributed by atoms with Gasteiger partial charge in [0.05, 0.1) is 23.7 Å². The third-order valence-corrected chi connectivity index (χ3v) is 4.99. The number of aryl methyl sites for hydroxylation is 1. The Morgan fingerprint density at radius 3 is 2.74 bits per heavy atom. The Balaban J connectivity index is 2.36. The molecule has 1 unspecified atom stereocenters. The lowest BCUT2D eigenvalue weighted by Crippen LogP contribution is -2.44. The molecule has 0 aliphatic carbocycles. The van der Waals surface area contributed by atoms with Crippen LogP contribution in [0.25, 0.3) is 0 Å². The zero-order chi connectivity index (χ0) is 17.2. The second kappa shape index (κ2) is 6.86. The lowest BCUT2D eigenvalue weighted by Gasteiger charge is -2.24. The van der Waals surface area contributed by atoms with E-state index in [2.05, 4.69) is 10.2 Å². The fraction of sp³-hybridized carbons (Fsp3) is 0.533. The van der Waals surface area contributed by atoms with Crippen molar-refractivity contribution >= 4 is 15.9 Å². The zero-order valence-electron chi connectivity index (χ0n) is 13.6. The molecule has 0 aromatic heterocycles. The number of benzene rings is 1. The molecule has 0 saturated carbocycles. The van der Waals surface area contributed by atoms with E-state index in [4.69, 9.17) is 9.88 Å². The van der Waals surface area contributed by atoms with Crippen LogP contribution in [-0.4, -0.2) is 45.6 Å². The van der Waals surface area contributed by atoms with E-state index in [0.717, 1.165) is 25.9 Å². The van der Waals surface area contributed by atoms with E-state index in [1.165, 1.54) is 19.2 Å². The van der Waals surface area contributed by atoms with Crippen LogP contribution < -0.4 is 15.2 Å². The van der Waals surface area contributed by atoms with Gasteiger partial charge in [0.25, 0.3) is 5.91 Å². The highest BCUT2D eigenvalue weighted by molar-refractivity contribution is 7.89. The van der Waals surface area contributed by atoms with Crippen molar-refractivity contribution in [3.8, 4) is 5.75 Å². The summed E-state index contributed by atoms with van der Waals surface area (Å²) in [6.45, 7) is 5.50. The number of ether oxygens (including phenoxy) is 1. The molecule has 1 aromatic rings. The van der Waals surface area contributed by atoms with Crippen LogP contribution in [0.1, 0.15) is 35.7 Å². The maximum Gasteiger partial charge on any atom is 0.256 e. The molecule has 1 aliphatic heterocycles. The van der Waals surface area contributed by atoms with Crippen LogP contribution >= 0.6 is 0 Å². The van der Waals surface area contributed by atoms with E-state index in [9.17, 15) is 13.2 Å². The van der Waals surface area contributed by atoms with Crippen molar-refractivity contribution in [1.82, 2.24) is 10.2 Å². The van der Waals surface area contributed by atoms with Gasteiger partial charge in [-0.2, -0.15) is 0 Å². The quantitative estimate of drug-likeness (QED) is 0.826. The van der Waals surface area contributed by atoms with Crippen LogP contribution in [-0.2, 0) is 10.0 Å². The van der Waals surface area contributed by atoms with Crippen LogP contribution in [0.4, 0.5) is 0 Å². The van der Waals surface area contributed by atoms with Gasteiger partial charge in [-0.3, -0.25) is 9.69 Å². The van der Waals surface area contributed by atoms with E-state index in [0.29, 0.717) is 11.3 Å². The highest BCUT2D eigenvalue weighted by atomic mass is 32.2. The van der Waals surface area contributed by atoms with Crippen molar-refractivity contribution < 1.29 is 17.9 Å². The van der Waals surface area contributed by atoms with Gasteiger partial charge in [0, 0.05) is 6.54 Å². The first-order chi connectivity index (χ1) is 10.8. The highest BCUT2D eigenvalue weighted by Crippen LogP contribution is 2.27. The van der Waals surface area contributed by atoms with Crippen LogP contribution in [0.3, 0.4) is 0 Å². The molecule has 1 heterocycles. The van der Waals surface area contributed by atoms with E-state index < -0.39 is 10.0 Å². The minimum Gasteiger partial charge on any atom is -0.496 e. The fourth-order valence-electron chi connectivity index (χ4n) is 2.94. The third kappa shape index (κ3) is 3.82. The van der Waals surface area contributed by atoms with Gasteiger partial charge in [-0.25, -0.2) is 13.6 Å². The van der Waals surface area contributed by atoms with Gasteiger partial charge in [-0.05, 0) is 44.0 Å². The summed E-state index contributed by atoms with van der Waals surface area (Å²) in [5, 5.41) is 8.13. The molecule has 0 bridgehead atoms. The summed E-state index contributed by atoms with van der Waals surface area (Å²) in [6.07, 6.45) is 1.85. The number of hydrogen-bond donors (Lipinski definition) is 2. The lowest BCUT2D eigenvalue weighted by molar-refractivity contribution is 0.0886. The Bertz CT molecular complexity index is 703. The molecule has 1 amide bonds. The maximum atomic E-state index is 12.6. The summed E-state index contributed by atoms with van der Waals surface area (Å²) in [4.78, 5) is 14.7. The molecule has 1 aromatic carbocycles. The first kappa shape index (κ1) is 17.7. The largest absolute Gasteiger partial charge is 0.496 e. The van der Waals surface area contributed by atoms with E-state index >= 15 is 0 Å². The number of carbonyl (C=O) groups excluding carboxylic acids is 1.